The highest BCUT2D eigenvalue weighted by Crippen LogP contribution is 2.55. The van der Waals surface area contributed by atoms with Gasteiger partial charge in [0.1, 0.15) is 4.90 Å². The number of rotatable bonds is 7. The van der Waals surface area contributed by atoms with E-state index in [0.29, 0.717) is 15.9 Å². The molecule has 0 radical (unpaired) electrons. The predicted molar refractivity (Wildman–Crippen MR) is 127 cm³/mol. The summed E-state index contributed by atoms with van der Waals surface area (Å²) in [5.74, 6) is 0. The van der Waals surface area contributed by atoms with Gasteiger partial charge in [-0.15, -0.1) is 0 Å². The zero-order valence-electron chi connectivity index (χ0n) is 17.7. The Bertz CT molecular complexity index is 1180. The summed E-state index contributed by atoms with van der Waals surface area (Å²) in [7, 11) is -6.62. The summed E-state index contributed by atoms with van der Waals surface area (Å²) in [6, 6.07) is 19.8. The monoisotopic (exact) mass is 479 g/mol. The molecule has 0 amide bonds. The Labute approximate surface area is 184 Å². The average Bonchev–Trinajstić information content (AvgIpc) is 2.73. The van der Waals surface area contributed by atoms with E-state index >= 15 is 0 Å². The summed E-state index contributed by atoms with van der Waals surface area (Å²) in [4.78, 5) is 11.0. The lowest BCUT2D eigenvalue weighted by Gasteiger charge is -2.25. The van der Waals surface area contributed by atoms with E-state index in [4.69, 9.17) is 9.05 Å². The van der Waals surface area contributed by atoms with Gasteiger partial charge in [0.2, 0.25) is 0 Å². The normalized spacial score (nSPS) is 13.2. The zero-order chi connectivity index (χ0) is 22.8. The van der Waals surface area contributed by atoms with Gasteiger partial charge in [-0.2, -0.15) is 22.4 Å². The number of aryl methyl sites for hydroxylation is 2. The van der Waals surface area contributed by atoms with Gasteiger partial charge < -0.3 is 0 Å². The van der Waals surface area contributed by atoms with Crippen molar-refractivity contribution in [3.05, 3.63) is 77.9 Å². The van der Waals surface area contributed by atoms with Crippen molar-refractivity contribution in [3.63, 3.8) is 0 Å². The van der Waals surface area contributed by atoms with Gasteiger partial charge in [-0.05, 0) is 51.3 Å². The number of hydrogen-bond acceptors (Lipinski definition) is 5. The van der Waals surface area contributed by atoms with E-state index < -0.39 is 26.0 Å². The SMILES string of the molecule is CO[P+](O)(OC)c1ccc(C)cc1P(c1ccccc1)c1cc(C)ccc1S(=O)(=O)O. The molecule has 0 saturated heterocycles. The molecule has 164 valence electrons. The van der Waals surface area contributed by atoms with Gasteiger partial charge >= 0.3 is 7.94 Å². The highest BCUT2D eigenvalue weighted by molar-refractivity contribution is 7.88. The topological polar surface area (TPSA) is 93.1 Å². The third kappa shape index (κ3) is 5.05. The molecule has 3 rings (SSSR count). The summed E-state index contributed by atoms with van der Waals surface area (Å²) in [5, 5.41) is 2.50. The molecule has 3 aromatic rings. The minimum atomic E-state index is -4.48. The molecule has 0 aliphatic heterocycles. The first kappa shape index (κ1) is 24.0. The van der Waals surface area contributed by atoms with Crippen LogP contribution in [-0.4, -0.2) is 32.1 Å². The lowest BCUT2D eigenvalue weighted by molar-refractivity contribution is 0.253. The van der Waals surface area contributed by atoms with Crippen LogP contribution >= 0.6 is 15.9 Å². The van der Waals surface area contributed by atoms with Gasteiger partial charge in [0, 0.05) is 10.6 Å². The molecule has 0 saturated carbocycles. The van der Waals surface area contributed by atoms with Crippen molar-refractivity contribution in [2.24, 2.45) is 0 Å². The number of benzene rings is 3. The van der Waals surface area contributed by atoms with Gasteiger partial charge in [0.05, 0.1) is 14.2 Å². The molecule has 0 aliphatic carbocycles. The summed E-state index contributed by atoms with van der Waals surface area (Å²) in [5.41, 5.74) is 1.78. The maximum Gasteiger partial charge on any atom is 0.446 e. The fraction of sp³-hybridized carbons (Fsp3) is 0.182. The van der Waals surface area contributed by atoms with Gasteiger partial charge in [0.25, 0.3) is 10.1 Å². The van der Waals surface area contributed by atoms with Crippen LogP contribution < -0.4 is 21.2 Å². The second-order valence-electron chi connectivity index (χ2n) is 6.99. The van der Waals surface area contributed by atoms with Crippen molar-refractivity contribution in [3.8, 4) is 0 Å². The van der Waals surface area contributed by atoms with E-state index in [1.165, 1.54) is 20.3 Å². The molecule has 3 aromatic carbocycles. The van der Waals surface area contributed by atoms with E-state index in [2.05, 4.69) is 0 Å². The fourth-order valence-corrected chi connectivity index (χ4v) is 8.90. The van der Waals surface area contributed by atoms with Gasteiger partial charge in [-0.3, -0.25) is 4.55 Å². The molecule has 0 heterocycles. The first-order valence-corrected chi connectivity index (χ1v) is 13.7. The lowest BCUT2D eigenvalue weighted by Crippen LogP contribution is -2.35. The molecule has 1 atom stereocenters. The average molecular weight is 479 g/mol. The van der Waals surface area contributed by atoms with Crippen molar-refractivity contribution in [1.29, 1.82) is 0 Å². The van der Waals surface area contributed by atoms with E-state index in [0.717, 1.165) is 16.4 Å². The molecule has 31 heavy (non-hydrogen) atoms. The highest BCUT2D eigenvalue weighted by atomic mass is 32.2. The van der Waals surface area contributed by atoms with Crippen LogP contribution in [0.4, 0.5) is 0 Å². The molecule has 2 N–H and O–H groups in total. The lowest BCUT2D eigenvalue weighted by atomic mass is 10.2. The van der Waals surface area contributed by atoms with Crippen LogP contribution in [0.1, 0.15) is 11.1 Å². The van der Waals surface area contributed by atoms with E-state index in [1.54, 1.807) is 18.2 Å². The van der Waals surface area contributed by atoms with Crippen LogP contribution in [0.2, 0.25) is 0 Å². The van der Waals surface area contributed by atoms with Gasteiger partial charge in [-0.25, -0.2) is 0 Å². The Morgan fingerprint density at radius 1 is 0.839 bits per heavy atom. The molecule has 0 aliphatic rings. The standard InChI is InChI=1S/C22H24O6P2S/c1-16-10-12-21(30(23,27-3)28-4)19(14-16)29(18-8-6-5-7-9-18)20-15-17(2)11-13-22(20)31(24,25)26/h5-15,23H,1-4H3/p+1. The molecular formula is C22H25O6P2S+. The minimum Gasteiger partial charge on any atom is -0.282 e. The Morgan fingerprint density at radius 2 is 1.39 bits per heavy atom. The van der Waals surface area contributed by atoms with Crippen molar-refractivity contribution in [2.45, 2.75) is 18.7 Å². The van der Waals surface area contributed by atoms with Crippen LogP contribution in [0.15, 0.2) is 71.6 Å². The largest absolute Gasteiger partial charge is 0.446 e. The maximum absolute atomic E-state index is 12.3. The summed E-state index contributed by atoms with van der Waals surface area (Å²) >= 11 is 0. The highest BCUT2D eigenvalue weighted by Gasteiger charge is 2.45. The summed E-state index contributed by atoms with van der Waals surface area (Å²) < 4.78 is 45.3. The minimum absolute atomic E-state index is 0.155. The van der Waals surface area contributed by atoms with Crippen LogP contribution in [-0.2, 0) is 19.2 Å². The van der Waals surface area contributed by atoms with E-state index in [9.17, 15) is 17.9 Å². The Balaban J connectivity index is 2.44. The fourth-order valence-electron chi connectivity index (χ4n) is 3.33. The van der Waals surface area contributed by atoms with Crippen LogP contribution in [0.3, 0.4) is 0 Å². The zero-order valence-corrected chi connectivity index (χ0v) is 20.3. The molecule has 0 aromatic heterocycles. The molecular weight excluding hydrogens is 454 g/mol. The Kier molecular flexibility index (Phi) is 7.29. The van der Waals surface area contributed by atoms with Crippen molar-refractivity contribution >= 4 is 47.2 Å². The first-order valence-electron chi connectivity index (χ1n) is 9.38. The molecule has 6 nitrogen and oxygen atoms in total. The van der Waals surface area contributed by atoms with Crippen molar-refractivity contribution in [2.75, 3.05) is 14.2 Å². The van der Waals surface area contributed by atoms with Crippen LogP contribution in [0.25, 0.3) is 0 Å². The van der Waals surface area contributed by atoms with Gasteiger partial charge in [0.15, 0.2) is 5.30 Å². The third-order valence-electron chi connectivity index (χ3n) is 4.82. The van der Waals surface area contributed by atoms with E-state index in [-0.39, 0.29) is 4.90 Å². The Hall–Kier alpha value is -1.69. The smallest absolute Gasteiger partial charge is 0.282 e. The molecule has 0 fully saturated rings. The van der Waals surface area contributed by atoms with Crippen LogP contribution in [0.5, 0.6) is 0 Å². The van der Waals surface area contributed by atoms with Crippen LogP contribution in [0, 0.1) is 13.8 Å². The maximum atomic E-state index is 12.3. The quantitative estimate of drug-likeness (QED) is 0.400. The second-order valence-corrected chi connectivity index (χ2v) is 12.8. The predicted octanol–water partition coefficient (Wildman–Crippen LogP) is 2.98. The summed E-state index contributed by atoms with van der Waals surface area (Å²) in [6.45, 7) is 3.78. The molecule has 1 unspecified atom stereocenters. The molecule has 0 spiro atoms. The van der Waals surface area contributed by atoms with Gasteiger partial charge in [-0.1, -0.05) is 53.6 Å². The molecule has 9 heteroatoms. The van der Waals surface area contributed by atoms with E-state index in [1.807, 2.05) is 56.3 Å². The van der Waals surface area contributed by atoms with Crippen molar-refractivity contribution in [1.82, 2.24) is 0 Å². The Morgan fingerprint density at radius 3 is 1.94 bits per heavy atom. The second kappa shape index (κ2) is 9.43. The number of hydrogen-bond donors (Lipinski definition) is 2. The molecule has 0 bridgehead atoms. The third-order valence-corrected chi connectivity index (χ3v) is 10.6. The first-order chi connectivity index (χ1) is 14.6. The summed E-state index contributed by atoms with van der Waals surface area (Å²) in [6.07, 6.45) is 0. The van der Waals surface area contributed by atoms with Crippen molar-refractivity contribution < 1.29 is 26.9 Å².